The first-order valence-corrected chi connectivity index (χ1v) is 4.78. The molecule has 0 rings (SSSR count). The Labute approximate surface area is 85.3 Å². The van der Waals surface area contributed by atoms with Gasteiger partial charge < -0.3 is 24.6 Å². The summed E-state index contributed by atoms with van der Waals surface area (Å²) in [6, 6.07) is 0. The first-order chi connectivity index (χ1) is 6.81. The molecule has 0 fully saturated rings. The Morgan fingerprint density at radius 1 is 1.14 bits per heavy atom. The summed E-state index contributed by atoms with van der Waals surface area (Å²) in [5.74, 6) is 0. The summed E-state index contributed by atoms with van der Waals surface area (Å²) in [5, 5.41) is 12.3. The molecule has 0 aromatic heterocycles. The van der Waals surface area contributed by atoms with Crippen molar-refractivity contribution in [2.24, 2.45) is 0 Å². The Balaban J connectivity index is 3.07. The summed E-state index contributed by atoms with van der Waals surface area (Å²) in [5.41, 5.74) is 0. The average molecular weight is 207 g/mol. The van der Waals surface area contributed by atoms with E-state index in [-0.39, 0.29) is 0 Å². The number of rotatable bonds is 10. The Hall–Kier alpha value is -0.200. The van der Waals surface area contributed by atoms with E-state index >= 15 is 0 Å². The SMILES string of the molecule is CNCCOCC(O)COCCOC. The molecule has 0 aliphatic heterocycles. The fourth-order valence-corrected chi connectivity index (χ4v) is 0.803. The molecule has 2 N–H and O–H groups in total. The molecule has 5 heteroatoms. The van der Waals surface area contributed by atoms with Gasteiger partial charge in [-0.3, -0.25) is 0 Å². The molecule has 0 aliphatic rings. The minimum Gasteiger partial charge on any atom is -0.388 e. The predicted octanol–water partition coefficient (Wildman–Crippen LogP) is -0.754. The molecule has 0 aromatic rings. The summed E-state index contributed by atoms with van der Waals surface area (Å²) >= 11 is 0. The van der Waals surface area contributed by atoms with Crippen molar-refractivity contribution in [1.29, 1.82) is 0 Å². The van der Waals surface area contributed by atoms with Gasteiger partial charge in [-0.1, -0.05) is 0 Å². The van der Waals surface area contributed by atoms with E-state index in [0.29, 0.717) is 33.0 Å². The van der Waals surface area contributed by atoms with Crippen molar-refractivity contribution in [1.82, 2.24) is 5.32 Å². The molecular weight excluding hydrogens is 186 g/mol. The molecule has 0 saturated carbocycles. The molecule has 14 heavy (non-hydrogen) atoms. The maximum absolute atomic E-state index is 9.34. The quantitative estimate of drug-likeness (QED) is 0.461. The van der Waals surface area contributed by atoms with Gasteiger partial charge in [0.25, 0.3) is 0 Å². The van der Waals surface area contributed by atoms with Gasteiger partial charge >= 0.3 is 0 Å². The maximum Gasteiger partial charge on any atom is 0.101 e. The minimum absolute atomic E-state index is 0.295. The van der Waals surface area contributed by atoms with Crippen LogP contribution in [0, 0.1) is 0 Å². The van der Waals surface area contributed by atoms with Crippen LogP contribution in [0.5, 0.6) is 0 Å². The fourth-order valence-electron chi connectivity index (χ4n) is 0.803. The van der Waals surface area contributed by atoms with E-state index in [1.165, 1.54) is 0 Å². The summed E-state index contributed by atoms with van der Waals surface area (Å²) < 4.78 is 15.1. The van der Waals surface area contributed by atoms with Gasteiger partial charge in [0.05, 0.1) is 33.0 Å². The molecule has 86 valence electrons. The first-order valence-electron chi connectivity index (χ1n) is 4.78. The largest absolute Gasteiger partial charge is 0.388 e. The van der Waals surface area contributed by atoms with E-state index < -0.39 is 6.10 Å². The Kier molecular flexibility index (Phi) is 10.7. The third-order valence-corrected chi connectivity index (χ3v) is 1.55. The highest BCUT2D eigenvalue weighted by Gasteiger charge is 2.03. The van der Waals surface area contributed by atoms with Crippen molar-refractivity contribution in [3.63, 3.8) is 0 Å². The van der Waals surface area contributed by atoms with Gasteiger partial charge in [0, 0.05) is 13.7 Å². The molecular formula is C9H21NO4. The fraction of sp³-hybridized carbons (Fsp3) is 1.00. The molecule has 1 unspecified atom stereocenters. The van der Waals surface area contributed by atoms with Crippen LogP contribution in [0.15, 0.2) is 0 Å². The number of likely N-dealkylation sites (N-methyl/N-ethyl adjacent to an activating group) is 1. The topological polar surface area (TPSA) is 60.0 Å². The number of nitrogens with one attached hydrogen (secondary N) is 1. The van der Waals surface area contributed by atoms with Crippen molar-refractivity contribution in [3.05, 3.63) is 0 Å². The number of methoxy groups -OCH3 is 1. The van der Waals surface area contributed by atoms with Crippen LogP contribution in [0.1, 0.15) is 0 Å². The van der Waals surface area contributed by atoms with Crippen molar-refractivity contribution in [3.8, 4) is 0 Å². The predicted molar refractivity (Wildman–Crippen MR) is 53.4 cm³/mol. The lowest BCUT2D eigenvalue weighted by molar-refractivity contribution is -0.0274. The van der Waals surface area contributed by atoms with Crippen LogP contribution >= 0.6 is 0 Å². The van der Waals surface area contributed by atoms with Crippen molar-refractivity contribution in [2.45, 2.75) is 6.10 Å². The van der Waals surface area contributed by atoms with Crippen LogP contribution in [0.2, 0.25) is 0 Å². The zero-order valence-corrected chi connectivity index (χ0v) is 8.99. The third-order valence-electron chi connectivity index (χ3n) is 1.55. The number of ether oxygens (including phenoxy) is 3. The van der Waals surface area contributed by atoms with E-state index in [1.54, 1.807) is 7.11 Å². The highest BCUT2D eigenvalue weighted by Crippen LogP contribution is 1.87. The molecule has 0 radical (unpaired) electrons. The lowest BCUT2D eigenvalue weighted by Crippen LogP contribution is -2.25. The van der Waals surface area contributed by atoms with Gasteiger partial charge in [-0.2, -0.15) is 0 Å². The van der Waals surface area contributed by atoms with Gasteiger partial charge in [0.15, 0.2) is 0 Å². The lowest BCUT2D eigenvalue weighted by atomic mass is 10.4. The Morgan fingerprint density at radius 2 is 1.79 bits per heavy atom. The molecule has 0 bridgehead atoms. The molecule has 1 atom stereocenters. The monoisotopic (exact) mass is 207 g/mol. The maximum atomic E-state index is 9.34. The summed E-state index contributed by atoms with van der Waals surface area (Å²) in [6.45, 7) is 3.05. The van der Waals surface area contributed by atoms with Gasteiger partial charge in [-0.25, -0.2) is 0 Å². The van der Waals surface area contributed by atoms with Gasteiger partial charge in [0.2, 0.25) is 0 Å². The number of aliphatic hydroxyl groups excluding tert-OH is 1. The molecule has 0 amide bonds. The van der Waals surface area contributed by atoms with Gasteiger partial charge in [-0.15, -0.1) is 0 Å². The summed E-state index contributed by atoms with van der Waals surface area (Å²) in [4.78, 5) is 0. The smallest absolute Gasteiger partial charge is 0.101 e. The van der Waals surface area contributed by atoms with E-state index in [2.05, 4.69) is 5.32 Å². The highest BCUT2D eigenvalue weighted by molar-refractivity contribution is 4.51. The average Bonchev–Trinajstić information content (AvgIpc) is 2.19. The normalized spacial score (nSPS) is 13.1. The van der Waals surface area contributed by atoms with E-state index in [9.17, 15) is 5.11 Å². The standard InChI is InChI=1S/C9H21NO4/c1-10-3-4-13-7-9(11)8-14-6-5-12-2/h9-11H,3-8H2,1-2H3. The molecule has 0 heterocycles. The first kappa shape index (κ1) is 13.8. The lowest BCUT2D eigenvalue weighted by Gasteiger charge is -2.11. The van der Waals surface area contributed by atoms with Crippen LogP contribution < -0.4 is 5.32 Å². The number of aliphatic hydroxyl groups is 1. The Bertz CT molecular complexity index is 101. The Morgan fingerprint density at radius 3 is 2.36 bits per heavy atom. The van der Waals surface area contributed by atoms with Crippen molar-refractivity contribution < 1.29 is 19.3 Å². The van der Waals surface area contributed by atoms with Crippen LogP contribution in [0.25, 0.3) is 0 Å². The van der Waals surface area contributed by atoms with Crippen LogP contribution in [0.3, 0.4) is 0 Å². The van der Waals surface area contributed by atoms with Gasteiger partial charge in [0.1, 0.15) is 6.10 Å². The zero-order valence-electron chi connectivity index (χ0n) is 8.99. The second-order valence-electron chi connectivity index (χ2n) is 2.90. The molecule has 0 aliphatic carbocycles. The van der Waals surface area contributed by atoms with Gasteiger partial charge in [-0.05, 0) is 7.05 Å². The number of hydrogen-bond donors (Lipinski definition) is 2. The summed E-state index contributed by atoms with van der Waals surface area (Å²) in [7, 11) is 3.47. The van der Waals surface area contributed by atoms with Crippen molar-refractivity contribution >= 4 is 0 Å². The third kappa shape index (κ3) is 9.88. The van der Waals surface area contributed by atoms with Crippen molar-refractivity contribution in [2.75, 3.05) is 53.7 Å². The van der Waals surface area contributed by atoms with Crippen LogP contribution in [-0.2, 0) is 14.2 Å². The second-order valence-corrected chi connectivity index (χ2v) is 2.90. The minimum atomic E-state index is -0.552. The molecule has 0 saturated heterocycles. The molecule has 5 nitrogen and oxygen atoms in total. The molecule has 0 aromatic carbocycles. The van der Waals surface area contributed by atoms with Crippen LogP contribution in [-0.4, -0.2) is 64.9 Å². The zero-order chi connectivity index (χ0) is 10.6. The highest BCUT2D eigenvalue weighted by atomic mass is 16.5. The molecule has 0 spiro atoms. The number of hydrogen-bond acceptors (Lipinski definition) is 5. The van der Waals surface area contributed by atoms with E-state index in [4.69, 9.17) is 14.2 Å². The summed E-state index contributed by atoms with van der Waals surface area (Å²) in [6.07, 6.45) is -0.552. The van der Waals surface area contributed by atoms with Crippen LogP contribution in [0.4, 0.5) is 0 Å². The second kappa shape index (κ2) is 10.9. The van der Waals surface area contributed by atoms with E-state index in [0.717, 1.165) is 6.54 Å². The van der Waals surface area contributed by atoms with E-state index in [1.807, 2.05) is 7.05 Å².